The van der Waals surface area contributed by atoms with E-state index in [-0.39, 0.29) is 30.3 Å². The summed E-state index contributed by atoms with van der Waals surface area (Å²) in [6, 6.07) is 12.8. The molecule has 0 aromatic heterocycles. The number of alkyl halides is 3. The third kappa shape index (κ3) is 5.08. The molecule has 2 fully saturated rings. The number of aliphatic hydroxyl groups excluding tert-OH is 1. The van der Waals surface area contributed by atoms with Crippen LogP contribution in [-0.4, -0.2) is 55.8 Å². The van der Waals surface area contributed by atoms with Crippen molar-refractivity contribution in [3.63, 3.8) is 0 Å². The Hall–Kier alpha value is -3.25. The first kappa shape index (κ1) is 24.9. The lowest BCUT2D eigenvalue weighted by molar-refractivity contribution is -0.137. The number of methoxy groups -OCH3 is 1. The third-order valence-electron chi connectivity index (χ3n) is 7.43. The smallest absolute Gasteiger partial charge is 0.417 e. The van der Waals surface area contributed by atoms with Gasteiger partial charge in [-0.05, 0) is 54.2 Å². The number of hydrogen-bond donors (Lipinski definition) is 1. The number of benzene rings is 2. The molecule has 4 rings (SSSR count). The molecule has 2 aromatic rings. The van der Waals surface area contributed by atoms with Crippen LogP contribution in [0.2, 0.25) is 0 Å². The average Bonchev–Trinajstić information content (AvgIpc) is 3.21. The molecule has 1 amide bonds. The number of nitrogens with zero attached hydrogens (tertiary/aromatic N) is 3. The van der Waals surface area contributed by atoms with E-state index >= 15 is 0 Å². The van der Waals surface area contributed by atoms with Crippen LogP contribution in [0, 0.1) is 22.7 Å². The van der Waals surface area contributed by atoms with Crippen molar-refractivity contribution in [2.75, 3.05) is 44.8 Å². The van der Waals surface area contributed by atoms with E-state index in [2.05, 4.69) is 0 Å². The number of anilines is 1. The van der Waals surface area contributed by atoms with Gasteiger partial charge in [0.05, 0.1) is 30.7 Å². The summed E-state index contributed by atoms with van der Waals surface area (Å²) < 4.78 is 45.6. The van der Waals surface area contributed by atoms with Crippen molar-refractivity contribution < 1.29 is 27.8 Å². The van der Waals surface area contributed by atoms with Gasteiger partial charge in [-0.1, -0.05) is 12.1 Å². The lowest BCUT2D eigenvalue weighted by atomic mass is 9.71. The van der Waals surface area contributed by atoms with Crippen LogP contribution in [0.1, 0.15) is 29.5 Å². The summed E-state index contributed by atoms with van der Waals surface area (Å²) >= 11 is 0. The SMILES string of the molecule is COc1cccc(CC(=O)N2CCC3(CC2)CN(c2ccc(C#N)c(C(F)(F)F)c2)CC3CO)c1. The van der Waals surface area contributed by atoms with E-state index in [4.69, 9.17) is 10.00 Å². The molecule has 9 heteroatoms. The Morgan fingerprint density at radius 3 is 2.60 bits per heavy atom. The van der Waals surface area contributed by atoms with Gasteiger partial charge >= 0.3 is 6.18 Å². The fourth-order valence-electron chi connectivity index (χ4n) is 5.38. The molecule has 186 valence electrons. The van der Waals surface area contributed by atoms with E-state index < -0.39 is 17.3 Å². The largest absolute Gasteiger partial charge is 0.497 e. The molecule has 0 saturated carbocycles. The zero-order valence-electron chi connectivity index (χ0n) is 19.5. The summed E-state index contributed by atoms with van der Waals surface area (Å²) in [5.41, 5.74) is -0.374. The minimum atomic E-state index is -4.62. The highest BCUT2D eigenvalue weighted by Gasteiger charge is 2.48. The van der Waals surface area contributed by atoms with Crippen LogP contribution in [-0.2, 0) is 17.4 Å². The molecule has 2 saturated heterocycles. The van der Waals surface area contributed by atoms with E-state index in [1.807, 2.05) is 34.1 Å². The van der Waals surface area contributed by atoms with Crippen LogP contribution >= 0.6 is 0 Å². The number of halogens is 3. The predicted molar refractivity (Wildman–Crippen MR) is 124 cm³/mol. The van der Waals surface area contributed by atoms with Crippen molar-refractivity contribution in [1.29, 1.82) is 5.26 Å². The van der Waals surface area contributed by atoms with Crippen molar-refractivity contribution in [3.8, 4) is 11.8 Å². The van der Waals surface area contributed by atoms with E-state index in [9.17, 15) is 23.1 Å². The topological polar surface area (TPSA) is 76.8 Å². The van der Waals surface area contributed by atoms with Crippen molar-refractivity contribution in [2.24, 2.45) is 11.3 Å². The number of amides is 1. The molecule has 2 aromatic carbocycles. The van der Waals surface area contributed by atoms with Gasteiger partial charge < -0.3 is 19.6 Å². The number of ether oxygens (including phenoxy) is 1. The summed E-state index contributed by atoms with van der Waals surface area (Å²) in [5.74, 6) is 0.606. The number of hydrogen-bond acceptors (Lipinski definition) is 5. The number of likely N-dealkylation sites (tertiary alicyclic amines) is 1. The van der Waals surface area contributed by atoms with Crippen LogP contribution in [0.25, 0.3) is 0 Å². The van der Waals surface area contributed by atoms with Gasteiger partial charge in [0.2, 0.25) is 5.91 Å². The number of carbonyl (C=O) groups excluding carboxylic acids is 1. The summed E-state index contributed by atoms with van der Waals surface area (Å²) in [6.45, 7) is 1.93. The Kier molecular flexibility index (Phi) is 6.95. The first-order valence-corrected chi connectivity index (χ1v) is 11.6. The highest BCUT2D eigenvalue weighted by Crippen LogP contribution is 2.46. The molecule has 35 heavy (non-hydrogen) atoms. The summed E-state index contributed by atoms with van der Waals surface area (Å²) in [4.78, 5) is 16.6. The van der Waals surface area contributed by atoms with Crippen molar-refractivity contribution in [3.05, 3.63) is 59.2 Å². The molecule has 1 unspecified atom stereocenters. The minimum Gasteiger partial charge on any atom is -0.497 e. The van der Waals surface area contributed by atoms with Gasteiger partial charge in [0.25, 0.3) is 0 Å². The minimum absolute atomic E-state index is 0.0189. The van der Waals surface area contributed by atoms with Crippen LogP contribution in [0.15, 0.2) is 42.5 Å². The maximum Gasteiger partial charge on any atom is 0.417 e. The number of aliphatic hydroxyl groups is 1. The zero-order valence-corrected chi connectivity index (χ0v) is 19.5. The Bertz CT molecular complexity index is 1120. The van der Waals surface area contributed by atoms with Crippen molar-refractivity contribution >= 4 is 11.6 Å². The highest BCUT2D eigenvalue weighted by atomic mass is 19.4. The second kappa shape index (κ2) is 9.78. The summed E-state index contributed by atoms with van der Waals surface area (Å²) in [7, 11) is 1.58. The quantitative estimate of drug-likeness (QED) is 0.693. The standard InChI is InChI=1S/C26H28F3N3O3/c1-35-22-4-2-3-18(11-22)12-24(34)31-9-7-25(8-10-31)17-32(15-20(25)16-33)21-6-5-19(14-30)23(13-21)26(27,28)29/h2-6,11,13,20,33H,7-10,12,15-17H2,1H3. The Morgan fingerprint density at radius 1 is 1.23 bits per heavy atom. The van der Waals surface area contributed by atoms with E-state index in [0.717, 1.165) is 11.6 Å². The fourth-order valence-corrected chi connectivity index (χ4v) is 5.38. The van der Waals surface area contributed by atoms with Crippen LogP contribution in [0.3, 0.4) is 0 Å². The number of piperidine rings is 1. The first-order valence-electron chi connectivity index (χ1n) is 11.6. The molecule has 1 atom stereocenters. The van der Waals surface area contributed by atoms with E-state index in [0.29, 0.717) is 50.5 Å². The van der Waals surface area contributed by atoms with Gasteiger partial charge in [0.15, 0.2) is 0 Å². The molecule has 1 N–H and O–H groups in total. The number of nitriles is 1. The second-order valence-corrected chi connectivity index (χ2v) is 9.37. The molecule has 0 radical (unpaired) electrons. The number of rotatable bonds is 5. The molecule has 0 aliphatic carbocycles. The molecule has 6 nitrogen and oxygen atoms in total. The lowest BCUT2D eigenvalue weighted by Crippen LogP contribution is -2.47. The molecular weight excluding hydrogens is 459 g/mol. The highest BCUT2D eigenvalue weighted by molar-refractivity contribution is 5.79. The first-order chi connectivity index (χ1) is 16.7. The maximum absolute atomic E-state index is 13.5. The molecule has 2 aliphatic rings. The Labute approximate surface area is 202 Å². The van der Waals surface area contributed by atoms with Gasteiger partial charge in [-0.25, -0.2) is 0 Å². The van der Waals surface area contributed by atoms with Gasteiger partial charge in [-0.3, -0.25) is 4.79 Å². The van der Waals surface area contributed by atoms with Crippen LogP contribution < -0.4 is 9.64 Å². The monoisotopic (exact) mass is 487 g/mol. The molecule has 1 spiro atoms. The van der Waals surface area contributed by atoms with Crippen LogP contribution in [0.5, 0.6) is 5.75 Å². The average molecular weight is 488 g/mol. The maximum atomic E-state index is 13.5. The molecule has 2 heterocycles. The normalized spacial score (nSPS) is 19.6. The Morgan fingerprint density at radius 2 is 1.97 bits per heavy atom. The van der Waals surface area contributed by atoms with Crippen molar-refractivity contribution in [1.82, 2.24) is 4.90 Å². The zero-order chi connectivity index (χ0) is 25.2. The van der Waals surface area contributed by atoms with E-state index in [1.165, 1.54) is 12.1 Å². The molecule has 2 aliphatic heterocycles. The van der Waals surface area contributed by atoms with Gasteiger partial charge in [-0.15, -0.1) is 0 Å². The lowest BCUT2D eigenvalue weighted by Gasteiger charge is -2.42. The van der Waals surface area contributed by atoms with Crippen LogP contribution in [0.4, 0.5) is 18.9 Å². The molecular formula is C26H28F3N3O3. The van der Waals surface area contributed by atoms with Gasteiger partial charge in [0, 0.05) is 44.4 Å². The Balaban J connectivity index is 1.45. The summed E-state index contributed by atoms with van der Waals surface area (Å²) in [5, 5.41) is 19.2. The number of carbonyl (C=O) groups is 1. The van der Waals surface area contributed by atoms with Crippen molar-refractivity contribution in [2.45, 2.75) is 25.4 Å². The predicted octanol–water partition coefficient (Wildman–Crippen LogP) is 3.87. The second-order valence-electron chi connectivity index (χ2n) is 9.37. The van der Waals surface area contributed by atoms with E-state index in [1.54, 1.807) is 13.2 Å². The summed E-state index contributed by atoms with van der Waals surface area (Å²) in [6.07, 6.45) is -3.02. The van der Waals surface area contributed by atoms with Gasteiger partial charge in [-0.2, -0.15) is 18.4 Å². The fraction of sp³-hybridized carbons (Fsp3) is 0.462. The third-order valence-corrected chi connectivity index (χ3v) is 7.43. The molecule has 0 bridgehead atoms. The van der Waals surface area contributed by atoms with Gasteiger partial charge in [0.1, 0.15) is 5.75 Å².